The van der Waals surface area contributed by atoms with Crippen LogP contribution in [-0.2, 0) is 9.59 Å². The molecule has 2 aliphatic carbocycles. The summed E-state index contributed by atoms with van der Waals surface area (Å²) in [7, 11) is 0. The van der Waals surface area contributed by atoms with Gasteiger partial charge in [-0.2, -0.15) is 0 Å². The summed E-state index contributed by atoms with van der Waals surface area (Å²) in [5.74, 6) is -0.350. The third-order valence-corrected chi connectivity index (χ3v) is 8.31. The number of aliphatic hydroxyl groups excluding tert-OH is 2. The summed E-state index contributed by atoms with van der Waals surface area (Å²) in [6, 6.07) is 0. The van der Waals surface area contributed by atoms with Gasteiger partial charge < -0.3 is 10.2 Å². The quantitative estimate of drug-likeness (QED) is 0.247. The van der Waals surface area contributed by atoms with E-state index in [1.54, 1.807) is 13.8 Å². The second-order valence-electron chi connectivity index (χ2n) is 13.4. The van der Waals surface area contributed by atoms with Crippen molar-refractivity contribution in [2.24, 2.45) is 10.8 Å². The molecular weight excluding hydrogens is 544 g/mol. The van der Waals surface area contributed by atoms with E-state index in [0.29, 0.717) is 24.0 Å². The van der Waals surface area contributed by atoms with Crippen LogP contribution in [0, 0.1) is 10.8 Å². The summed E-state index contributed by atoms with van der Waals surface area (Å²) < 4.78 is 0. The Labute approximate surface area is 265 Å². The molecule has 0 aromatic carbocycles. The number of Topliss-reactive ketones (excluding diaryl/α,β-unsaturated/α-hetero) is 2. The zero-order chi connectivity index (χ0) is 33.2. The lowest BCUT2D eigenvalue weighted by molar-refractivity contribution is -0.126. The number of ketones is 2. The first kappa shape index (κ1) is 36.6. The average molecular weight is 597 g/mol. The Kier molecular flexibility index (Phi) is 13.2. The topological polar surface area (TPSA) is 74.6 Å². The monoisotopic (exact) mass is 596 g/mol. The van der Waals surface area contributed by atoms with Crippen molar-refractivity contribution >= 4 is 11.6 Å². The molecule has 0 aromatic rings. The molecule has 236 valence electrons. The maximum atomic E-state index is 12.2. The van der Waals surface area contributed by atoms with E-state index >= 15 is 0 Å². The van der Waals surface area contributed by atoms with Crippen molar-refractivity contribution in [2.45, 2.75) is 94.3 Å². The van der Waals surface area contributed by atoms with Gasteiger partial charge in [0.15, 0.2) is 11.6 Å². The van der Waals surface area contributed by atoms with E-state index in [4.69, 9.17) is 0 Å². The Balaban J connectivity index is 1.95. The van der Waals surface area contributed by atoms with Gasteiger partial charge >= 0.3 is 0 Å². The second-order valence-corrected chi connectivity index (χ2v) is 13.4. The normalized spacial score (nSPS) is 24.5. The van der Waals surface area contributed by atoms with Crippen molar-refractivity contribution in [3.63, 3.8) is 0 Å². The fourth-order valence-electron chi connectivity index (χ4n) is 5.62. The second kappa shape index (κ2) is 15.9. The Bertz CT molecular complexity index is 1340. The molecule has 44 heavy (non-hydrogen) atoms. The van der Waals surface area contributed by atoms with Crippen LogP contribution in [0.15, 0.2) is 130 Å². The molecule has 0 heterocycles. The lowest BCUT2D eigenvalue weighted by atomic mass is 9.71. The highest BCUT2D eigenvalue weighted by molar-refractivity contribution is 6.01. The van der Waals surface area contributed by atoms with Crippen LogP contribution >= 0.6 is 0 Å². The van der Waals surface area contributed by atoms with Crippen LogP contribution in [0.4, 0.5) is 0 Å². The molecule has 0 saturated heterocycles. The highest BCUT2D eigenvalue weighted by Gasteiger charge is 2.37. The minimum atomic E-state index is -0.907. The van der Waals surface area contributed by atoms with E-state index in [1.165, 1.54) is 0 Å². The minimum Gasteiger partial charge on any atom is -0.385 e. The Morgan fingerprint density at radius 3 is 1.20 bits per heavy atom. The van der Waals surface area contributed by atoms with Gasteiger partial charge in [-0.15, -0.1) is 0 Å². The van der Waals surface area contributed by atoms with E-state index in [1.807, 2.05) is 74.6 Å². The van der Waals surface area contributed by atoms with E-state index < -0.39 is 12.2 Å². The Hall–Kier alpha value is -3.60. The number of carbonyl (C=O) groups is 2. The van der Waals surface area contributed by atoms with Crippen LogP contribution in [-0.4, -0.2) is 34.0 Å². The van der Waals surface area contributed by atoms with Crippen LogP contribution in [0.2, 0.25) is 0 Å². The Morgan fingerprint density at radius 1 is 0.568 bits per heavy atom. The van der Waals surface area contributed by atoms with Crippen LogP contribution < -0.4 is 0 Å². The molecule has 2 unspecified atom stereocenters. The van der Waals surface area contributed by atoms with E-state index in [2.05, 4.69) is 65.8 Å². The van der Waals surface area contributed by atoms with E-state index in [0.717, 1.165) is 33.4 Å². The standard InChI is InChI=1S/C40H52O4/c1-27(17-13-19-29(3)21-23-33-31(5)37(43)35(41)25-39(33,7)8)15-11-12-16-28(2)18-14-20-30(4)22-24-34-32(6)38(44)36(42)26-40(34,9)10/h11-24,35-36,41-42H,25-26H2,1-10H3/b12-11+,17-13+,18-14+,23-21+,24-22+,27-15-,28-16-,29-19-,30-20-. The van der Waals surface area contributed by atoms with Crippen LogP contribution in [0.3, 0.4) is 0 Å². The summed E-state index contributed by atoms with van der Waals surface area (Å²) in [4.78, 5) is 24.5. The molecule has 2 rings (SSSR count). The zero-order valence-electron chi connectivity index (χ0n) is 28.4. The van der Waals surface area contributed by atoms with Crippen LogP contribution in [0.1, 0.15) is 82.1 Å². The first-order valence-electron chi connectivity index (χ1n) is 15.4. The number of allylic oxidation sites excluding steroid dienone is 20. The molecule has 0 amide bonds. The molecule has 0 bridgehead atoms. The molecule has 2 N–H and O–H groups in total. The Morgan fingerprint density at radius 2 is 0.864 bits per heavy atom. The van der Waals surface area contributed by atoms with Gasteiger partial charge in [-0.05, 0) is 87.5 Å². The van der Waals surface area contributed by atoms with Crippen molar-refractivity contribution in [2.75, 3.05) is 0 Å². The summed E-state index contributed by atoms with van der Waals surface area (Å²) >= 11 is 0. The first-order valence-corrected chi connectivity index (χ1v) is 15.4. The van der Waals surface area contributed by atoms with Crippen LogP contribution in [0.5, 0.6) is 0 Å². The van der Waals surface area contributed by atoms with Crippen LogP contribution in [0.25, 0.3) is 0 Å². The third kappa shape index (κ3) is 10.5. The van der Waals surface area contributed by atoms with Crippen molar-refractivity contribution in [3.05, 3.63) is 130 Å². The van der Waals surface area contributed by atoms with Gasteiger partial charge in [0, 0.05) is 0 Å². The molecule has 0 aliphatic heterocycles. The minimum absolute atomic E-state index is 0.175. The van der Waals surface area contributed by atoms with E-state index in [9.17, 15) is 19.8 Å². The van der Waals surface area contributed by atoms with Gasteiger partial charge in [-0.25, -0.2) is 0 Å². The summed E-state index contributed by atoms with van der Waals surface area (Å²) in [5.41, 5.74) is 7.16. The molecule has 0 aromatic heterocycles. The van der Waals surface area contributed by atoms with E-state index in [-0.39, 0.29) is 22.4 Å². The lowest BCUT2D eigenvalue weighted by Crippen LogP contribution is -2.35. The number of hydrogen-bond donors (Lipinski definition) is 2. The fourth-order valence-corrected chi connectivity index (χ4v) is 5.62. The predicted octanol–water partition coefficient (Wildman–Crippen LogP) is 8.91. The lowest BCUT2D eigenvalue weighted by Gasteiger charge is -2.34. The van der Waals surface area contributed by atoms with Crippen molar-refractivity contribution < 1.29 is 19.8 Å². The van der Waals surface area contributed by atoms with Gasteiger partial charge in [0.2, 0.25) is 0 Å². The van der Waals surface area contributed by atoms with Gasteiger partial charge in [0.1, 0.15) is 12.2 Å². The van der Waals surface area contributed by atoms with Crippen molar-refractivity contribution in [1.29, 1.82) is 0 Å². The largest absolute Gasteiger partial charge is 0.385 e. The third-order valence-electron chi connectivity index (χ3n) is 8.31. The molecule has 2 atom stereocenters. The van der Waals surface area contributed by atoms with Gasteiger partial charge in [-0.3, -0.25) is 9.59 Å². The molecule has 0 saturated carbocycles. The predicted molar refractivity (Wildman–Crippen MR) is 185 cm³/mol. The molecule has 0 fully saturated rings. The summed E-state index contributed by atoms with van der Waals surface area (Å²) in [6.45, 7) is 20.0. The molecule has 0 radical (unpaired) electrons. The fraction of sp³-hybridized carbons (Fsp3) is 0.400. The highest BCUT2D eigenvalue weighted by Crippen LogP contribution is 2.40. The smallest absolute Gasteiger partial charge is 0.187 e. The maximum absolute atomic E-state index is 12.2. The number of carbonyl (C=O) groups excluding carboxylic acids is 2. The van der Waals surface area contributed by atoms with Gasteiger partial charge in [0.05, 0.1) is 0 Å². The molecule has 2 aliphatic rings. The molecule has 4 nitrogen and oxygen atoms in total. The first-order chi connectivity index (χ1) is 20.5. The number of hydrogen-bond acceptors (Lipinski definition) is 4. The van der Waals surface area contributed by atoms with Crippen molar-refractivity contribution in [3.8, 4) is 0 Å². The average Bonchev–Trinajstić information content (AvgIpc) is 2.92. The number of rotatable bonds is 10. The summed E-state index contributed by atoms with van der Waals surface area (Å²) in [6.07, 6.45) is 27.5. The maximum Gasteiger partial charge on any atom is 0.187 e. The van der Waals surface area contributed by atoms with Crippen molar-refractivity contribution in [1.82, 2.24) is 0 Å². The zero-order valence-corrected chi connectivity index (χ0v) is 28.4. The summed E-state index contributed by atoms with van der Waals surface area (Å²) in [5, 5.41) is 20.0. The van der Waals surface area contributed by atoms with Gasteiger partial charge in [0.25, 0.3) is 0 Å². The molecular formula is C40H52O4. The number of aliphatic hydroxyl groups is 2. The van der Waals surface area contributed by atoms with Gasteiger partial charge in [-0.1, -0.05) is 135 Å². The SMILES string of the molecule is CC1=C(/C=C/C(C)=C\C=C\C(C)=C/C=C/C=C(C)\C=C\C=C(C)/C=C/C2=C(C)C(=O)C(O)CC2(C)C)C(C)(C)CC(O)C1=O. The molecule has 0 spiro atoms. The molecule has 4 heteroatoms. The highest BCUT2D eigenvalue weighted by atomic mass is 16.3.